The quantitative estimate of drug-likeness (QED) is 0.616. The fourth-order valence-electron chi connectivity index (χ4n) is 2.58. The van der Waals surface area contributed by atoms with Gasteiger partial charge in [0.15, 0.2) is 11.0 Å². The van der Waals surface area contributed by atoms with Crippen LogP contribution >= 0.6 is 11.8 Å². The predicted molar refractivity (Wildman–Crippen MR) is 109 cm³/mol. The Hall–Kier alpha value is -2.33. The zero-order chi connectivity index (χ0) is 17.6. The van der Waals surface area contributed by atoms with Gasteiger partial charge >= 0.3 is 0 Å². The molecule has 0 amide bonds. The van der Waals surface area contributed by atoms with E-state index in [0.29, 0.717) is 5.56 Å². The topological polar surface area (TPSA) is 41.5 Å². The van der Waals surface area contributed by atoms with Crippen LogP contribution in [0.1, 0.15) is 33.5 Å². The Morgan fingerprint density at radius 2 is 1.96 bits per heavy atom. The minimum Gasteiger partial charge on any atom is -0.335 e. The molecule has 25 heavy (non-hydrogen) atoms. The van der Waals surface area contributed by atoms with Crippen LogP contribution in [-0.2, 0) is 0 Å². The zero-order valence-electron chi connectivity index (χ0n) is 14.6. The molecule has 0 spiro atoms. The molecule has 2 aromatic rings. The molecule has 0 saturated heterocycles. The number of hydrogen-bond acceptors (Lipinski definition) is 4. The van der Waals surface area contributed by atoms with Gasteiger partial charge in [-0.15, -0.1) is 0 Å². The number of thioether (sulfide) groups is 1. The molecule has 1 heterocycles. The molecule has 1 aliphatic rings. The number of hydrogen-bond donors (Lipinski definition) is 1. The molecule has 2 aromatic carbocycles. The van der Waals surface area contributed by atoms with Crippen LogP contribution in [0.25, 0.3) is 6.08 Å². The number of amidine groups is 1. The maximum absolute atomic E-state index is 12.4. The largest absolute Gasteiger partial charge is 0.335 e. The minimum atomic E-state index is 0.0110. The third kappa shape index (κ3) is 4.83. The van der Waals surface area contributed by atoms with Crippen LogP contribution in [0.2, 0.25) is 0 Å². The van der Waals surface area contributed by atoms with Crippen LogP contribution in [0.4, 0.5) is 5.69 Å². The van der Waals surface area contributed by atoms with Gasteiger partial charge in [-0.05, 0) is 61.7 Å². The van der Waals surface area contributed by atoms with Crippen molar-refractivity contribution in [1.82, 2.24) is 0 Å². The summed E-state index contributed by atoms with van der Waals surface area (Å²) in [6.07, 6.45) is 4.67. The average molecular weight is 350 g/mol. The van der Waals surface area contributed by atoms with Crippen LogP contribution in [0.5, 0.6) is 0 Å². The predicted octanol–water partition coefficient (Wildman–Crippen LogP) is 5.10. The lowest BCUT2D eigenvalue weighted by atomic mass is 10.0. The van der Waals surface area contributed by atoms with Crippen molar-refractivity contribution in [3.05, 3.63) is 70.8 Å². The Morgan fingerprint density at radius 1 is 1.16 bits per heavy atom. The second-order valence-corrected chi connectivity index (χ2v) is 7.23. The minimum absolute atomic E-state index is 0.0110. The summed E-state index contributed by atoms with van der Waals surface area (Å²) in [7, 11) is 0. The summed E-state index contributed by atoms with van der Waals surface area (Å²) in [6.45, 7) is 4.99. The van der Waals surface area contributed by atoms with Crippen molar-refractivity contribution in [1.29, 1.82) is 0 Å². The van der Waals surface area contributed by atoms with Crippen molar-refractivity contribution in [2.24, 2.45) is 4.99 Å². The molecule has 0 atom stereocenters. The number of anilines is 1. The lowest BCUT2D eigenvalue weighted by molar-refractivity contribution is 0.104. The Balaban J connectivity index is 1.67. The maximum atomic E-state index is 12.4. The molecule has 0 aliphatic carbocycles. The summed E-state index contributed by atoms with van der Waals surface area (Å²) in [5.74, 6) is 1.11. The monoisotopic (exact) mass is 350 g/mol. The van der Waals surface area contributed by atoms with E-state index in [9.17, 15) is 4.79 Å². The van der Waals surface area contributed by atoms with E-state index in [4.69, 9.17) is 0 Å². The molecule has 1 N–H and O–H groups in total. The molecular formula is C21H22N2OS. The van der Waals surface area contributed by atoms with Gasteiger partial charge in [0, 0.05) is 23.5 Å². The van der Waals surface area contributed by atoms with Gasteiger partial charge in [-0.2, -0.15) is 0 Å². The van der Waals surface area contributed by atoms with Gasteiger partial charge in [0.25, 0.3) is 0 Å². The number of aryl methyl sites for hydroxylation is 2. The number of carbonyl (C=O) groups excluding carboxylic acids is 1. The second-order valence-electron chi connectivity index (χ2n) is 6.15. The highest BCUT2D eigenvalue weighted by atomic mass is 32.2. The normalized spacial score (nSPS) is 14.4. The van der Waals surface area contributed by atoms with Gasteiger partial charge in [0.05, 0.1) is 0 Å². The molecule has 0 bridgehead atoms. The van der Waals surface area contributed by atoms with Crippen LogP contribution in [0.15, 0.2) is 53.5 Å². The lowest BCUT2D eigenvalue weighted by Gasteiger charge is -2.13. The number of ketones is 1. The molecule has 3 rings (SSSR count). The van der Waals surface area contributed by atoms with Crippen molar-refractivity contribution in [2.75, 3.05) is 17.6 Å². The third-order valence-corrected chi connectivity index (χ3v) is 5.06. The molecule has 3 nitrogen and oxygen atoms in total. The summed E-state index contributed by atoms with van der Waals surface area (Å²) in [6, 6.07) is 13.8. The Morgan fingerprint density at radius 3 is 2.68 bits per heavy atom. The van der Waals surface area contributed by atoms with Crippen molar-refractivity contribution in [3.8, 4) is 0 Å². The molecule has 0 saturated carbocycles. The van der Waals surface area contributed by atoms with E-state index in [1.165, 1.54) is 11.1 Å². The van der Waals surface area contributed by atoms with Gasteiger partial charge in [-0.25, -0.2) is 0 Å². The second kappa shape index (κ2) is 8.17. The Labute approximate surface area is 153 Å². The molecule has 0 aromatic heterocycles. The number of nitrogens with zero attached hydrogens (tertiary/aromatic N) is 1. The summed E-state index contributed by atoms with van der Waals surface area (Å²) >= 11 is 1.74. The first-order valence-electron chi connectivity index (χ1n) is 8.46. The van der Waals surface area contributed by atoms with Gasteiger partial charge < -0.3 is 5.32 Å². The van der Waals surface area contributed by atoms with Gasteiger partial charge in [-0.3, -0.25) is 9.79 Å². The fraction of sp³-hybridized carbons (Fsp3) is 0.238. The van der Waals surface area contributed by atoms with E-state index < -0.39 is 0 Å². The number of carbonyl (C=O) groups is 1. The summed E-state index contributed by atoms with van der Waals surface area (Å²) in [5, 5.41) is 4.26. The van der Waals surface area contributed by atoms with E-state index in [0.717, 1.165) is 35.1 Å². The Kier molecular flexibility index (Phi) is 5.71. The van der Waals surface area contributed by atoms with E-state index in [-0.39, 0.29) is 5.78 Å². The SMILES string of the molecule is Cc1ccc(C)c(/C=C/C(=O)c2ccc(NC3=NCCCS3)cc2)c1. The van der Waals surface area contributed by atoms with Crippen LogP contribution in [0.3, 0.4) is 0 Å². The zero-order valence-corrected chi connectivity index (χ0v) is 15.4. The van der Waals surface area contributed by atoms with Crippen LogP contribution in [0, 0.1) is 13.8 Å². The first-order valence-corrected chi connectivity index (χ1v) is 9.44. The number of rotatable bonds is 4. The van der Waals surface area contributed by atoms with Crippen molar-refractivity contribution in [3.63, 3.8) is 0 Å². The maximum Gasteiger partial charge on any atom is 0.185 e. The molecule has 0 radical (unpaired) electrons. The standard InChI is InChI=1S/C21H22N2OS/c1-15-4-5-16(2)18(14-15)8-11-20(24)17-6-9-19(10-7-17)23-21-22-12-3-13-25-21/h4-11,14H,3,12-13H2,1-2H3,(H,22,23)/b11-8+. The van der Waals surface area contributed by atoms with Crippen LogP contribution < -0.4 is 5.32 Å². The van der Waals surface area contributed by atoms with E-state index in [1.807, 2.05) is 30.3 Å². The van der Waals surface area contributed by atoms with Gasteiger partial charge in [0.2, 0.25) is 0 Å². The van der Waals surface area contributed by atoms with E-state index in [2.05, 4.69) is 42.4 Å². The molecular weight excluding hydrogens is 328 g/mol. The number of nitrogens with one attached hydrogen (secondary N) is 1. The van der Waals surface area contributed by atoms with E-state index in [1.54, 1.807) is 17.8 Å². The third-order valence-electron chi connectivity index (χ3n) is 4.07. The van der Waals surface area contributed by atoms with Crippen LogP contribution in [-0.4, -0.2) is 23.2 Å². The molecule has 0 fully saturated rings. The van der Waals surface area contributed by atoms with E-state index >= 15 is 0 Å². The number of benzene rings is 2. The average Bonchev–Trinajstić information content (AvgIpc) is 2.64. The molecule has 0 unspecified atom stereocenters. The van der Waals surface area contributed by atoms with Gasteiger partial charge in [-0.1, -0.05) is 41.6 Å². The first-order chi connectivity index (χ1) is 12.1. The smallest absolute Gasteiger partial charge is 0.185 e. The summed E-state index contributed by atoms with van der Waals surface area (Å²) in [4.78, 5) is 16.8. The summed E-state index contributed by atoms with van der Waals surface area (Å²) in [5.41, 5.74) is 5.09. The van der Waals surface area contributed by atoms with Crippen molar-refractivity contribution >= 4 is 34.5 Å². The highest BCUT2D eigenvalue weighted by Crippen LogP contribution is 2.18. The van der Waals surface area contributed by atoms with Crippen molar-refractivity contribution < 1.29 is 4.79 Å². The number of aliphatic imine (C=N–C) groups is 1. The lowest BCUT2D eigenvalue weighted by Crippen LogP contribution is -2.13. The van der Waals surface area contributed by atoms with Crippen molar-refractivity contribution in [2.45, 2.75) is 20.3 Å². The highest BCUT2D eigenvalue weighted by molar-refractivity contribution is 8.14. The van der Waals surface area contributed by atoms with Gasteiger partial charge in [0.1, 0.15) is 0 Å². The number of allylic oxidation sites excluding steroid dienone is 1. The summed E-state index contributed by atoms with van der Waals surface area (Å²) < 4.78 is 0. The molecule has 1 aliphatic heterocycles. The molecule has 4 heteroatoms. The first kappa shape index (κ1) is 17.5. The Bertz CT molecular complexity index is 822. The molecule has 128 valence electrons. The highest BCUT2D eigenvalue weighted by Gasteiger charge is 2.07. The fourth-order valence-corrected chi connectivity index (χ4v) is 3.42.